The Hall–Kier alpha value is -2.15. The molecule has 0 aliphatic heterocycles. The Morgan fingerprint density at radius 1 is 1.37 bits per heavy atom. The fourth-order valence-electron chi connectivity index (χ4n) is 1.32. The maximum Gasteiger partial charge on any atom is 0.326 e. The summed E-state index contributed by atoms with van der Waals surface area (Å²) >= 11 is 5.70. The maximum absolute atomic E-state index is 11.8. The average Bonchev–Trinajstić information content (AvgIpc) is 2.34. The number of carboxylic acids is 2. The first kappa shape index (κ1) is 14.9. The van der Waals surface area contributed by atoms with Gasteiger partial charge in [-0.15, -0.1) is 0 Å². The number of pyridine rings is 1. The highest BCUT2D eigenvalue weighted by atomic mass is 35.5. The third-order valence-corrected chi connectivity index (χ3v) is 2.56. The molecule has 1 heterocycles. The Bertz CT molecular complexity index is 506. The van der Waals surface area contributed by atoms with Gasteiger partial charge in [0.2, 0.25) is 0 Å². The van der Waals surface area contributed by atoms with Crippen LogP contribution in [0.3, 0.4) is 0 Å². The summed E-state index contributed by atoms with van der Waals surface area (Å²) in [5, 5.41) is 19.5. The molecular formula is C11H11ClN2O5. The van der Waals surface area contributed by atoms with Gasteiger partial charge in [-0.1, -0.05) is 11.6 Å². The van der Waals surface area contributed by atoms with Gasteiger partial charge in [0.1, 0.15) is 11.2 Å². The molecule has 1 atom stereocenters. The van der Waals surface area contributed by atoms with Crippen molar-refractivity contribution >= 4 is 29.4 Å². The van der Waals surface area contributed by atoms with Crippen LogP contribution >= 0.6 is 11.6 Å². The molecule has 19 heavy (non-hydrogen) atoms. The Labute approximate surface area is 113 Å². The van der Waals surface area contributed by atoms with Crippen molar-refractivity contribution in [3.63, 3.8) is 0 Å². The topological polar surface area (TPSA) is 117 Å². The van der Waals surface area contributed by atoms with E-state index in [-0.39, 0.29) is 23.6 Å². The second-order valence-electron chi connectivity index (χ2n) is 3.64. The van der Waals surface area contributed by atoms with E-state index in [1.165, 1.54) is 18.3 Å². The third-order valence-electron chi connectivity index (χ3n) is 2.25. The van der Waals surface area contributed by atoms with Gasteiger partial charge in [0.05, 0.1) is 5.56 Å². The summed E-state index contributed by atoms with van der Waals surface area (Å²) in [4.78, 5) is 36.8. The summed E-state index contributed by atoms with van der Waals surface area (Å²) in [7, 11) is 0. The number of nitrogens with one attached hydrogen (secondary N) is 1. The predicted molar refractivity (Wildman–Crippen MR) is 65.0 cm³/mol. The average molecular weight is 287 g/mol. The van der Waals surface area contributed by atoms with E-state index in [0.29, 0.717) is 0 Å². The van der Waals surface area contributed by atoms with Gasteiger partial charge in [0, 0.05) is 12.6 Å². The van der Waals surface area contributed by atoms with E-state index < -0.39 is 23.9 Å². The molecule has 1 amide bonds. The van der Waals surface area contributed by atoms with Crippen molar-refractivity contribution in [2.24, 2.45) is 0 Å². The molecule has 1 unspecified atom stereocenters. The molecule has 0 fully saturated rings. The molecule has 0 aliphatic rings. The van der Waals surface area contributed by atoms with E-state index >= 15 is 0 Å². The Kier molecular flexibility index (Phi) is 5.25. The summed E-state index contributed by atoms with van der Waals surface area (Å²) in [6.45, 7) is 0. The molecule has 0 aromatic carbocycles. The number of carbonyl (C=O) groups excluding carboxylic acids is 1. The van der Waals surface area contributed by atoms with Crippen LogP contribution in [0.4, 0.5) is 0 Å². The largest absolute Gasteiger partial charge is 0.481 e. The van der Waals surface area contributed by atoms with Gasteiger partial charge >= 0.3 is 11.9 Å². The summed E-state index contributed by atoms with van der Waals surface area (Å²) in [6.07, 6.45) is 0.810. The first-order valence-electron chi connectivity index (χ1n) is 5.27. The number of hydrogen-bond donors (Lipinski definition) is 3. The number of carbonyl (C=O) groups is 3. The van der Waals surface area contributed by atoms with Crippen molar-refractivity contribution in [2.75, 3.05) is 0 Å². The molecule has 0 radical (unpaired) electrons. The molecule has 0 saturated carbocycles. The minimum Gasteiger partial charge on any atom is -0.481 e. The monoisotopic (exact) mass is 286 g/mol. The zero-order chi connectivity index (χ0) is 14.4. The number of carboxylic acid groups (broad SMARTS) is 2. The highest BCUT2D eigenvalue weighted by molar-refractivity contribution is 6.32. The van der Waals surface area contributed by atoms with E-state index in [4.69, 9.17) is 21.8 Å². The van der Waals surface area contributed by atoms with Crippen LogP contribution in [0, 0.1) is 0 Å². The highest BCUT2D eigenvalue weighted by Crippen LogP contribution is 2.12. The minimum atomic E-state index is -1.31. The summed E-state index contributed by atoms with van der Waals surface area (Å²) in [5.41, 5.74) is 0.0331. The Morgan fingerprint density at radius 3 is 2.58 bits per heavy atom. The third kappa shape index (κ3) is 4.55. The highest BCUT2D eigenvalue weighted by Gasteiger charge is 2.22. The number of aromatic nitrogens is 1. The molecule has 0 saturated heterocycles. The van der Waals surface area contributed by atoms with Crippen LogP contribution in [0.25, 0.3) is 0 Å². The molecule has 0 spiro atoms. The predicted octanol–water partition coefficient (Wildman–Crippen LogP) is 0.783. The fourth-order valence-corrected chi connectivity index (χ4v) is 1.52. The molecule has 1 aromatic heterocycles. The number of nitrogens with zero attached hydrogens (tertiary/aromatic N) is 1. The van der Waals surface area contributed by atoms with Gasteiger partial charge in [-0.25, -0.2) is 9.78 Å². The molecule has 3 N–H and O–H groups in total. The van der Waals surface area contributed by atoms with Gasteiger partial charge in [-0.3, -0.25) is 9.59 Å². The first-order valence-corrected chi connectivity index (χ1v) is 5.65. The van der Waals surface area contributed by atoms with Gasteiger partial charge < -0.3 is 15.5 Å². The van der Waals surface area contributed by atoms with Crippen LogP contribution in [0.15, 0.2) is 18.3 Å². The van der Waals surface area contributed by atoms with Crippen LogP contribution in [0.2, 0.25) is 5.15 Å². The molecule has 1 aromatic rings. The first-order chi connectivity index (χ1) is 8.91. The zero-order valence-corrected chi connectivity index (χ0v) is 10.4. The lowest BCUT2D eigenvalue weighted by Gasteiger charge is -2.13. The van der Waals surface area contributed by atoms with E-state index in [1.54, 1.807) is 0 Å². The summed E-state index contributed by atoms with van der Waals surface area (Å²) in [6, 6.07) is 1.58. The van der Waals surface area contributed by atoms with Crippen LogP contribution < -0.4 is 5.32 Å². The van der Waals surface area contributed by atoms with E-state index in [1.807, 2.05) is 0 Å². The number of amides is 1. The van der Waals surface area contributed by atoms with Crippen molar-refractivity contribution in [3.05, 3.63) is 29.0 Å². The van der Waals surface area contributed by atoms with Gasteiger partial charge in [-0.05, 0) is 18.6 Å². The smallest absolute Gasteiger partial charge is 0.326 e. The van der Waals surface area contributed by atoms with Crippen molar-refractivity contribution in [2.45, 2.75) is 18.9 Å². The standard InChI is InChI=1S/C11H11ClN2O5/c12-9-6(2-1-5-13-9)10(17)14-7(11(18)19)3-4-8(15)16/h1-2,5,7H,3-4H2,(H,14,17)(H,15,16)(H,18,19). The quantitative estimate of drug-likeness (QED) is 0.665. The van der Waals surface area contributed by atoms with E-state index in [0.717, 1.165) is 0 Å². The number of halogens is 1. The normalized spacial score (nSPS) is 11.6. The molecule has 8 heteroatoms. The van der Waals surface area contributed by atoms with Crippen molar-refractivity contribution in [3.8, 4) is 0 Å². The molecule has 1 rings (SSSR count). The van der Waals surface area contributed by atoms with Crippen LogP contribution in [0.5, 0.6) is 0 Å². The SMILES string of the molecule is O=C(O)CCC(NC(=O)c1cccnc1Cl)C(=O)O. The van der Waals surface area contributed by atoms with E-state index in [2.05, 4.69) is 10.3 Å². The lowest BCUT2D eigenvalue weighted by atomic mass is 10.1. The zero-order valence-electron chi connectivity index (χ0n) is 9.67. The summed E-state index contributed by atoms with van der Waals surface area (Å²) < 4.78 is 0. The van der Waals surface area contributed by atoms with Crippen LogP contribution in [0.1, 0.15) is 23.2 Å². The molecule has 0 aliphatic carbocycles. The number of aliphatic carboxylic acids is 2. The lowest BCUT2D eigenvalue weighted by molar-refractivity contribution is -0.140. The minimum absolute atomic E-state index is 0.0331. The molecular weight excluding hydrogens is 276 g/mol. The fraction of sp³-hybridized carbons (Fsp3) is 0.273. The van der Waals surface area contributed by atoms with Crippen molar-refractivity contribution < 1.29 is 24.6 Å². The number of rotatable bonds is 6. The van der Waals surface area contributed by atoms with Crippen LogP contribution in [-0.4, -0.2) is 39.1 Å². The molecule has 0 bridgehead atoms. The van der Waals surface area contributed by atoms with Gasteiger partial charge in [0.15, 0.2) is 0 Å². The lowest BCUT2D eigenvalue weighted by Crippen LogP contribution is -2.41. The second kappa shape index (κ2) is 6.69. The Morgan fingerprint density at radius 2 is 2.05 bits per heavy atom. The molecule has 7 nitrogen and oxygen atoms in total. The number of hydrogen-bond acceptors (Lipinski definition) is 4. The Balaban J connectivity index is 2.74. The summed E-state index contributed by atoms with van der Waals surface area (Å²) in [5.74, 6) is -3.16. The second-order valence-corrected chi connectivity index (χ2v) is 4.00. The van der Waals surface area contributed by atoms with Crippen LogP contribution in [-0.2, 0) is 9.59 Å². The van der Waals surface area contributed by atoms with Gasteiger partial charge in [0.25, 0.3) is 5.91 Å². The maximum atomic E-state index is 11.8. The van der Waals surface area contributed by atoms with Gasteiger partial charge in [-0.2, -0.15) is 0 Å². The van der Waals surface area contributed by atoms with Crippen molar-refractivity contribution in [1.29, 1.82) is 0 Å². The van der Waals surface area contributed by atoms with Crippen molar-refractivity contribution in [1.82, 2.24) is 10.3 Å². The van der Waals surface area contributed by atoms with E-state index in [9.17, 15) is 14.4 Å². The molecule has 102 valence electrons.